The molecule has 0 atom stereocenters. The van der Waals surface area contributed by atoms with Crippen LogP contribution in [0.15, 0.2) is 24.5 Å². The second-order valence-corrected chi connectivity index (χ2v) is 3.00. The molecule has 84 valence electrons. The second-order valence-electron chi connectivity index (χ2n) is 1.97. The summed E-state index contributed by atoms with van der Waals surface area (Å²) in [6.45, 7) is 0. The van der Waals surface area contributed by atoms with E-state index in [0.717, 1.165) is 0 Å². The van der Waals surface area contributed by atoms with Gasteiger partial charge in [-0.1, -0.05) is 0 Å². The molecule has 0 aliphatic heterocycles. The minimum atomic E-state index is -4.40. The van der Waals surface area contributed by atoms with Crippen LogP contribution in [0.1, 0.15) is 0 Å². The molecule has 1 heterocycles. The van der Waals surface area contributed by atoms with Crippen LogP contribution in [0.3, 0.4) is 0 Å². The lowest BCUT2D eigenvalue weighted by Crippen LogP contribution is -2.09. The number of nitrogens with zero attached hydrogens (tertiary/aromatic N) is 1. The third-order valence-corrected chi connectivity index (χ3v) is 1.28. The molecule has 0 amide bonds. The molecule has 0 spiro atoms. The molecule has 0 saturated heterocycles. The van der Waals surface area contributed by atoms with E-state index in [1.54, 1.807) is 12.3 Å². The number of aromatic nitrogens is 1. The largest absolute Gasteiger partial charge is 0.446 e. The molecule has 0 aliphatic carbocycles. The summed E-state index contributed by atoms with van der Waals surface area (Å²) in [7, 11) is -4.40. The molecule has 1 aromatic heterocycles. The fraction of sp³-hybridized carbons (Fsp3) is 0. The highest BCUT2D eigenvalue weighted by molar-refractivity contribution is 7.81. The van der Waals surface area contributed by atoms with Crippen molar-refractivity contribution in [1.82, 2.24) is 0 Å². The topological polar surface area (TPSA) is 144 Å². The van der Waals surface area contributed by atoms with Crippen molar-refractivity contribution in [3.8, 4) is 5.75 Å². The molecule has 1 aromatic rings. The van der Waals surface area contributed by atoms with E-state index in [-0.39, 0.29) is 5.75 Å². The first-order chi connectivity index (χ1) is 6.81. The van der Waals surface area contributed by atoms with Crippen LogP contribution in [0.4, 0.5) is 0 Å². The van der Waals surface area contributed by atoms with Crippen LogP contribution in [-0.2, 0) is 10.4 Å². The van der Waals surface area contributed by atoms with Crippen molar-refractivity contribution in [1.29, 1.82) is 0 Å². The Labute approximate surface area is 84.0 Å². The smallest absolute Gasteiger partial charge is 0.356 e. The zero-order chi connectivity index (χ0) is 11.9. The van der Waals surface area contributed by atoms with Crippen LogP contribution in [0.2, 0.25) is 0 Å². The summed E-state index contributed by atoms with van der Waals surface area (Å²) in [6, 6.07) is 2.94. The van der Waals surface area contributed by atoms with Crippen LogP contribution in [-0.4, -0.2) is 18.1 Å². The van der Waals surface area contributed by atoms with E-state index in [9.17, 15) is 8.42 Å². The maximum Gasteiger partial charge on any atom is 0.446 e. The highest BCUT2D eigenvalue weighted by Gasteiger charge is 2.06. The van der Waals surface area contributed by atoms with Gasteiger partial charge in [0.05, 0.1) is 5.09 Å². The summed E-state index contributed by atoms with van der Waals surface area (Å²) in [5.41, 5.74) is 0. The zero-order valence-electron chi connectivity index (χ0n) is 7.06. The monoisotopic (exact) mass is 238 g/mol. The molecule has 0 fully saturated rings. The number of nitrogens with one attached hydrogen (secondary N) is 1. The minimum Gasteiger partial charge on any atom is -0.356 e. The minimum absolute atomic E-state index is 0.0370. The van der Waals surface area contributed by atoms with E-state index >= 15 is 0 Å². The van der Waals surface area contributed by atoms with Crippen molar-refractivity contribution < 1.29 is 27.2 Å². The Kier molecular flexibility index (Phi) is 4.98. The molecule has 0 radical (unpaired) electrons. The number of pyridine rings is 1. The van der Waals surface area contributed by atoms with Crippen LogP contribution in [0.5, 0.6) is 5.75 Å². The van der Waals surface area contributed by atoms with Crippen LogP contribution in [0, 0.1) is 15.3 Å². The average molecular weight is 238 g/mol. The number of aromatic amines is 1. The molecule has 9 nitrogen and oxygen atoms in total. The Hall–Kier alpha value is -1.94. The normalized spacial score (nSPS) is 9.67. The lowest BCUT2D eigenvalue weighted by atomic mass is 10.5. The van der Waals surface area contributed by atoms with Gasteiger partial charge < -0.3 is 19.5 Å². The molecule has 0 saturated carbocycles. The van der Waals surface area contributed by atoms with E-state index < -0.39 is 15.5 Å². The van der Waals surface area contributed by atoms with Gasteiger partial charge in [0.15, 0.2) is 6.20 Å². The SMILES string of the molecule is O=S(=O)(O)Oc1ccc[nH+]c1.O=[N+]([O-])[O-]. The fourth-order valence-corrected chi connectivity index (χ4v) is 0.897. The highest BCUT2D eigenvalue weighted by atomic mass is 32.3. The van der Waals surface area contributed by atoms with Crippen molar-refractivity contribution in [3.05, 3.63) is 39.8 Å². The summed E-state index contributed by atoms with van der Waals surface area (Å²) in [5, 5.41) is 14.8. The molecule has 0 bridgehead atoms. The number of H-pyrrole nitrogens is 1. The van der Waals surface area contributed by atoms with Gasteiger partial charge in [-0.3, -0.25) is 4.55 Å². The van der Waals surface area contributed by atoms with Gasteiger partial charge in [-0.2, -0.15) is 8.42 Å². The summed E-state index contributed by atoms with van der Waals surface area (Å²) in [6.07, 6.45) is 2.88. The first kappa shape index (κ1) is 13.1. The first-order valence-electron chi connectivity index (χ1n) is 3.26. The lowest BCUT2D eigenvalue weighted by molar-refractivity contribution is -0.402. The van der Waals surface area contributed by atoms with E-state index in [4.69, 9.17) is 19.9 Å². The number of hydrogen-bond acceptors (Lipinski definition) is 6. The molecule has 1 rings (SSSR count). The third kappa shape index (κ3) is 9.98. The lowest BCUT2D eigenvalue weighted by Gasteiger charge is -1.95. The third-order valence-electron chi connectivity index (χ3n) is 0.880. The Bertz CT molecular complexity index is 399. The predicted molar refractivity (Wildman–Crippen MR) is 45.5 cm³/mol. The van der Waals surface area contributed by atoms with Crippen molar-refractivity contribution in [2.24, 2.45) is 0 Å². The maximum absolute atomic E-state index is 10.1. The molecule has 10 heteroatoms. The number of hydrogen-bond donors (Lipinski definition) is 1. The molecule has 0 aromatic carbocycles. The highest BCUT2D eigenvalue weighted by Crippen LogP contribution is 2.06. The van der Waals surface area contributed by atoms with E-state index in [2.05, 4.69) is 9.17 Å². The zero-order valence-corrected chi connectivity index (χ0v) is 7.88. The van der Waals surface area contributed by atoms with Crippen LogP contribution < -0.4 is 9.17 Å². The van der Waals surface area contributed by atoms with Crippen LogP contribution >= 0.6 is 0 Å². The Morgan fingerprint density at radius 3 is 2.33 bits per heavy atom. The van der Waals surface area contributed by atoms with E-state index in [1.165, 1.54) is 12.3 Å². The Morgan fingerprint density at radius 1 is 1.47 bits per heavy atom. The second kappa shape index (κ2) is 5.72. The van der Waals surface area contributed by atoms with E-state index in [0.29, 0.717) is 0 Å². The van der Waals surface area contributed by atoms with E-state index in [1.807, 2.05) is 0 Å². The first-order valence-corrected chi connectivity index (χ1v) is 4.62. The predicted octanol–water partition coefficient (Wildman–Crippen LogP) is -0.557. The van der Waals surface area contributed by atoms with Gasteiger partial charge in [0.1, 0.15) is 0 Å². The average Bonchev–Trinajstić information content (AvgIpc) is 2.01. The number of rotatable bonds is 2. The summed E-state index contributed by atoms with van der Waals surface area (Å²) < 4.78 is 32.5. The van der Waals surface area contributed by atoms with Gasteiger partial charge in [-0.15, -0.1) is 0 Å². The molecule has 0 aliphatic rings. The van der Waals surface area contributed by atoms with Gasteiger partial charge in [-0.05, 0) is 6.07 Å². The summed E-state index contributed by atoms with van der Waals surface area (Å²) in [4.78, 5) is 10.8. The van der Waals surface area contributed by atoms with Gasteiger partial charge >= 0.3 is 10.4 Å². The van der Waals surface area contributed by atoms with Crippen molar-refractivity contribution in [2.75, 3.05) is 0 Å². The van der Waals surface area contributed by atoms with Crippen molar-refractivity contribution in [2.45, 2.75) is 0 Å². The Balaban J connectivity index is 0.000000423. The fourth-order valence-electron chi connectivity index (χ4n) is 0.550. The molecule has 0 unspecified atom stereocenters. The van der Waals surface area contributed by atoms with Gasteiger partial charge in [0, 0.05) is 6.07 Å². The molecular formula is C5H6N2O7S. The molecule has 2 N–H and O–H groups in total. The van der Waals surface area contributed by atoms with Gasteiger partial charge in [-0.25, -0.2) is 4.98 Å². The maximum atomic E-state index is 10.1. The van der Waals surface area contributed by atoms with Gasteiger partial charge in [0.25, 0.3) is 0 Å². The van der Waals surface area contributed by atoms with Crippen molar-refractivity contribution >= 4 is 10.4 Å². The molecule has 15 heavy (non-hydrogen) atoms. The summed E-state index contributed by atoms with van der Waals surface area (Å²) in [5.74, 6) is 0.0370. The standard InChI is InChI=1S/C5H5NO4S.NO3/c7-11(8,9)10-5-2-1-3-6-4-5;2-1(3)4/h1-4H,(H,7,8,9);/q;-1/p+1. The quantitative estimate of drug-likeness (QED) is 0.413. The van der Waals surface area contributed by atoms with Crippen molar-refractivity contribution in [3.63, 3.8) is 0 Å². The summed E-state index contributed by atoms with van der Waals surface area (Å²) >= 11 is 0. The molecular weight excluding hydrogens is 232 g/mol. The van der Waals surface area contributed by atoms with Crippen LogP contribution in [0.25, 0.3) is 0 Å². The van der Waals surface area contributed by atoms with Gasteiger partial charge in [0.2, 0.25) is 11.9 Å². The Morgan fingerprint density at radius 2 is 2.00 bits per heavy atom.